The van der Waals surface area contributed by atoms with Crippen molar-refractivity contribution in [2.75, 3.05) is 0 Å². The van der Waals surface area contributed by atoms with Gasteiger partial charge in [0.05, 0.1) is 6.42 Å². The van der Waals surface area contributed by atoms with Gasteiger partial charge in [0.1, 0.15) is 22.5 Å². The second kappa shape index (κ2) is 7.56. The van der Waals surface area contributed by atoms with E-state index in [9.17, 15) is 30.0 Å². The summed E-state index contributed by atoms with van der Waals surface area (Å²) in [5, 5.41) is 40.3. The number of halogens is 1. The zero-order chi connectivity index (χ0) is 23.4. The third-order valence-corrected chi connectivity index (χ3v) is 6.31. The Labute approximate surface area is 194 Å². The molecule has 33 heavy (non-hydrogen) atoms. The normalized spacial score (nSPS) is 15.3. The van der Waals surface area contributed by atoms with Gasteiger partial charge in [-0.2, -0.15) is 0 Å². The number of ether oxygens (including phenoxy) is 1. The van der Waals surface area contributed by atoms with E-state index in [2.05, 4.69) is 15.9 Å². The lowest BCUT2D eigenvalue weighted by Gasteiger charge is -2.26. The molecule has 5 rings (SSSR count). The standard InChI is InChI=1S/C24H15BrO8/c25-13-4-2-1-3-11(13)12-8-18(29)32-17-9-16(28)20-21(30)22(31)23(33-24(20)19(12)17)10-5-6-14(26)15(27)7-10/h1-7,9,12,26-28,31H,8H2/t12-/m0/s1. The van der Waals surface area contributed by atoms with Crippen LogP contribution in [0, 0.1) is 0 Å². The summed E-state index contributed by atoms with van der Waals surface area (Å²) in [5.41, 5.74) is 0.243. The fourth-order valence-electron chi connectivity index (χ4n) is 4.07. The fraction of sp³-hybridized carbons (Fsp3) is 0.0833. The van der Waals surface area contributed by atoms with Crippen molar-refractivity contribution in [3.05, 3.63) is 74.4 Å². The fourth-order valence-corrected chi connectivity index (χ4v) is 4.63. The first-order valence-corrected chi connectivity index (χ1v) is 10.6. The van der Waals surface area contributed by atoms with Crippen molar-refractivity contribution in [1.29, 1.82) is 0 Å². The summed E-state index contributed by atoms with van der Waals surface area (Å²) in [6, 6.07) is 12.0. The van der Waals surface area contributed by atoms with Crippen molar-refractivity contribution in [3.63, 3.8) is 0 Å². The Bertz CT molecular complexity index is 1520. The minimum absolute atomic E-state index is 0.0327. The summed E-state index contributed by atoms with van der Waals surface area (Å²) >= 11 is 3.49. The highest BCUT2D eigenvalue weighted by molar-refractivity contribution is 9.10. The first-order valence-electron chi connectivity index (χ1n) is 9.79. The van der Waals surface area contributed by atoms with Gasteiger partial charge < -0.3 is 29.6 Å². The highest BCUT2D eigenvalue weighted by Gasteiger charge is 2.35. The number of benzene rings is 3. The van der Waals surface area contributed by atoms with Gasteiger partial charge in [-0.3, -0.25) is 9.59 Å². The maximum Gasteiger partial charge on any atom is 0.312 e. The second-order valence-electron chi connectivity index (χ2n) is 7.58. The SMILES string of the molecule is O=C1C[C@@H](c2ccccc2Br)c2c(cc(O)c3c(=O)c(O)c(-c4ccc(O)c(O)c4)oc23)O1. The Morgan fingerprint density at radius 1 is 0.909 bits per heavy atom. The van der Waals surface area contributed by atoms with Gasteiger partial charge in [0.25, 0.3) is 0 Å². The molecule has 3 aromatic carbocycles. The number of phenolic OH excluding ortho intramolecular Hbond substituents is 3. The van der Waals surface area contributed by atoms with Crippen molar-refractivity contribution >= 4 is 32.9 Å². The molecule has 0 aliphatic carbocycles. The topological polar surface area (TPSA) is 137 Å². The summed E-state index contributed by atoms with van der Waals surface area (Å²) in [7, 11) is 0. The molecule has 8 nitrogen and oxygen atoms in total. The first kappa shape index (κ1) is 20.9. The monoisotopic (exact) mass is 510 g/mol. The molecule has 0 unspecified atom stereocenters. The van der Waals surface area contributed by atoms with Crippen molar-refractivity contribution in [3.8, 4) is 40.1 Å². The third-order valence-electron chi connectivity index (χ3n) is 5.58. The summed E-state index contributed by atoms with van der Waals surface area (Å²) in [6.07, 6.45) is -0.0462. The van der Waals surface area contributed by atoms with Gasteiger partial charge in [-0.15, -0.1) is 0 Å². The van der Waals surface area contributed by atoms with Gasteiger partial charge in [-0.05, 0) is 29.8 Å². The van der Waals surface area contributed by atoms with E-state index >= 15 is 0 Å². The number of carbonyl (C=O) groups excluding carboxylic acids is 1. The number of aromatic hydroxyl groups is 4. The van der Waals surface area contributed by atoms with Crippen LogP contribution in [0.2, 0.25) is 0 Å². The quantitative estimate of drug-likeness (QED) is 0.176. The Kier molecular flexibility index (Phi) is 4.79. The highest BCUT2D eigenvalue weighted by Crippen LogP contribution is 2.48. The molecule has 0 saturated carbocycles. The van der Waals surface area contributed by atoms with Crippen LogP contribution in [-0.2, 0) is 4.79 Å². The highest BCUT2D eigenvalue weighted by atomic mass is 79.9. The molecule has 0 bridgehead atoms. The van der Waals surface area contributed by atoms with Gasteiger partial charge in [0, 0.05) is 27.6 Å². The van der Waals surface area contributed by atoms with E-state index in [4.69, 9.17) is 9.15 Å². The zero-order valence-corrected chi connectivity index (χ0v) is 18.3. The maximum absolute atomic E-state index is 13.1. The maximum atomic E-state index is 13.1. The van der Waals surface area contributed by atoms with Crippen molar-refractivity contribution in [2.45, 2.75) is 12.3 Å². The molecule has 0 spiro atoms. The van der Waals surface area contributed by atoms with E-state index in [0.29, 0.717) is 5.56 Å². The number of hydrogen-bond donors (Lipinski definition) is 4. The molecule has 166 valence electrons. The molecular formula is C24H15BrO8. The van der Waals surface area contributed by atoms with Crippen LogP contribution in [0.15, 0.2) is 62.2 Å². The average molecular weight is 511 g/mol. The lowest BCUT2D eigenvalue weighted by molar-refractivity contribution is -0.135. The van der Waals surface area contributed by atoms with Gasteiger partial charge in [0.15, 0.2) is 17.3 Å². The molecule has 9 heteroatoms. The van der Waals surface area contributed by atoms with Gasteiger partial charge in [-0.1, -0.05) is 34.1 Å². The van der Waals surface area contributed by atoms with Gasteiger partial charge in [0.2, 0.25) is 11.2 Å². The molecule has 0 amide bonds. The number of rotatable bonds is 2. The predicted octanol–water partition coefficient (Wildman–Crippen LogP) is 4.49. The molecule has 0 saturated heterocycles. The van der Waals surface area contributed by atoms with Crippen LogP contribution in [0.5, 0.6) is 28.7 Å². The zero-order valence-electron chi connectivity index (χ0n) is 16.7. The molecule has 0 fully saturated rings. The Balaban J connectivity index is 1.88. The molecule has 4 N–H and O–H groups in total. The molecule has 2 heterocycles. The number of esters is 1. The summed E-state index contributed by atoms with van der Waals surface area (Å²) in [5.74, 6) is -3.52. The van der Waals surface area contributed by atoms with Crippen molar-refractivity contribution in [1.82, 2.24) is 0 Å². The Morgan fingerprint density at radius 2 is 1.67 bits per heavy atom. The van der Waals surface area contributed by atoms with E-state index in [1.54, 1.807) is 6.07 Å². The summed E-state index contributed by atoms with van der Waals surface area (Å²) in [6.45, 7) is 0. The number of carbonyl (C=O) groups is 1. The minimum atomic E-state index is -0.901. The van der Waals surface area contributed by atoms with E-state index < -0.39 is 40.3 Å². The van der Waals surface area contributed by atoms with E-state index in [0.717, 1.165) is 22.2 Å². The van der Waals surface area contributed by atoms with Gasteiger partial charge >= 0.3 is 5.97 Å². The van der Waals surface area contributed by atoms with Crippen molar-refractivity contribution < 1.29 is 34.4 Å². The number of hydrogen-bond acceptors (Lipinski definition) is 8. The lowest BCUT2D eigenvalue weighted by atomic mass is 9.85. The smallest absolute Gasteiger partial charge is 0.312 e. The van der Waals surface area contributed by atoms with E-state index in [1.165, 1.54) is 12.1 Å². The Morgan fingerprint density at radius 3 is 2.39 bits per heavy atom. The van der Waals surface area contributed by atoms with Gasteiger partial charge in [-0.25, -0.2) is 0 Å². The Hall–Kier alpha value is -3.98. The first-order chi connectivity index (χ1) is 15.8. The van der Waals surface area contributed by atoms with Crippen LogP contribution < -0.4 is 10.2 Å². The predicted molar refractivity (Wildman–Crippen MR) is 121 cm³/mol. The molecule has 1 aromatic heterocycles. The minimum Gasteiger partial charge on any atom is -0.507 e. The van der Waals surface area contributed by atoms with Crippen molar-refractivity contribution in [2.24, 2.45) is 0 Å². The molecular weight excluding hydrogens is 496 g/mol. The molecule has 1 aliphatic rings. The van der Waals surface area contributed by atoms with Crippen LogP contribution in [0.25, 0.3) is 22.3 Å². The average Bonchev–Trinajstić information content (AvgIpc) is 2.77. The van der Waals surface area contributed by atoms with Crippen LogP contribution >= 0.6 is 15.9 Å². The number of phenols is 3. The summed E-state index contributed by atoms with van der Waals surface area (Å²) in [4.78, 5) is 25.4. The summed E-state index contributed by atoms with van der Waals surface area (Å²) < 4.78 is 12.0. The number of fused-ring (bicyclic) bond motifs is 3. The molecule has 1 aliphatic heterocycles. The van der Waals surface area contributed by atoms with E-state index in [-0.39, 0.29) is 34.5 Å². The molecule has 0 radical (unpaired) electrons. The lowest BCUT2D eigenvalue weighted by Crippen LogP contribution is -2.22. The molecule has 4 aromatic rings. The van der Waals surface area contributed by atoms with Crippen LogP contribution in [0.3, 0.4) is 0 Å². The van der Waals surface area contributed by atoms with Crippen LogP contribution in [0.1, 0.15) is 23.5 Å². The van der Waals surface area contributed by atoms with E-state index in [1.807, 2.05) is 18.2 Å². The largest absolute Gasteiger partial charge is 0.507 e. The second-order valence-corrected chi connectivity index (χ2v) is 8.43. The third kappa shape index (κ3) is 3.28. The van der Waals surface area contributed by atoms with Crippen LogP contribution in [0.4, 0.5) is 0 Å². The van der Waals surface area contributed by atoms with Crippen LogP contribution in [-0.4, -0.2) is 26.4 Å². The molecule has 1 atom stereocenters.